The lowest BCUT2D eigenvalue weighted by Gasteiger charge is -2.19. The zero-order valence-corrected chi connectivity index (χ0v) is 12.1. The number of fused-ring (bicyclic) bond motifs is 1. The molecule has 6 N–H and O–H groups in total. The molecule has 1 aromatic carbocycles. The number of carbonyl (C=O) groups is 2. The predicted octanol–water partition coefficient (Wildman–Crippen LogP) is -0.0121. The van der Waals surface area contributed by atoms with Gasteiger partial charge in [0.25, 0.3) is 0 Å². The van der Waals surface area contributed by atoms with Gasteiger partial charge < -0.3 is 26.2 Å². The minimum absolute atomic E-state index is 0.266. The van der Waals surface area contributed by atoms with Gasteiger partial charge in [0.1, 0.15) is 0 Å². The second kappa shape index (κ2) is 6.59. The highest BCUT2D eigenvalue weighted by Crippen LogP contribution is 2.18. The summed E-state index contributed by atoms with van der Waals surface area (Å²) in [6, 6.07) is 5.34. The summed E-state index contributed by atoms with van der Waals surface area (Å²) in [7, 11) is 0. The van der Waals surface area contributed by atoms with Gasteiger partial charge in [0, 0.05) is 17.1 Å². The number of amides is 1. The number of nitrogens with two attached hydrogens (primary N) is 1. The van der Waals surface area contributed by atoms with E-state index < -0.39 is 30.1 Å². The van der Waals surface area contributed by atoms with E-state index in [-0.39, 0.29) is 6.42 Å². The van der Waals surface area contributed by atoms with Crippen molar-refractivity contribution in [3.05, 3.63) is 36.0 Å². The van der Waals surface area contributed by atoms with Crippen molar-refractivity contribution in [2.45, 2.75) is 31.5 Å². The van der Waals surface area contributed by atoms with Crippen molar-refractivity contribution in [3.8, 4) is 0 Å². The van der Waals surface area contributed by atoms with Crippen molar-refractivity contribution in [1.82, 2.24) is 10.3 Å². The lowest BCUT2D eigenvalue weighted by molar-refractivity contribution is -0.144. The molecule has 118 valence electrons. The molecular formula is C15H19N3O4. The molecule has 3 atom stereocenters. The van der Waals surface area contributed by atoms with Crippen LogP contribution in [-0.4, -0.2) is 45.3 Å². The SMILES string of the molecule is CC(O)C(NC(=O)C(N)Cc1c[nH]c2ccccc12)C(=O)O. The molecule has 22 heavy (non-hydrogen) atoms. The molecule has 0 radical (unpaired) electrons. The van der Waals surface area contributed by atoms with Gasteiger partial charge in [-0.2, -0.15) is 0 Å². The average molecular weight is 305 g/mol. The normalized spacial score (nSPS) is 15.2. The van der Waals surface area contributed by atoms with Gasteiger partial charge in [-0.05, 0) is 25.0 Å². The van der Waals surface area contributed by atoms with Crippen LogP contribution in [0.2, 0.25) is 0 Å². The first-order valence-corrected chi connectivity index (χ1v) is 6.92. The van der Waals surface area contributed by atoms with Crippen LogP contribution in [0.4, 0.5) is 0 Å². The van der Waals surface area contributed by atoms with Crippen LogP contribution in [0, 0.1) is 0 Å². The van der Waals surface area contributed by atoms with Gasteiger partial charge in [-0.25, -0.2) is 4.79 Å². The zero-order valence-electron chi connectivity index (χ0n) is 12.1. The number of carboxylic acid groups (broad SMARTS) is 1. The van der Waals surface area contributed by atoms with Crippen LogP contribution in [0.1, 0.15) is 12.5 Å². The third kappa shape index (κ3) is 3.44. The molecule has 3 unspecified atom stereocenters. The van der Waals surface area contributed by atoms with Crippen molar-refractivity contribution in [3.63, 3.8) is 0 Å². The summed E-state index contributed by atoms with van der Waals surface area (Å²) in [4.78, 5) is 26.1. The fraction of sp³-hybridized carbons (Fsp3) is 0.333. The highest BCUT2D eigenvalue weighted by Gasteiger charge is 2.27. The maximum Gasteiger partial charge on any atom is 0.328 e. The number of nitrogens with one attached hydrogen (secondary N) is 2. The van der Waals surface area contributed by atoms with E-state index in [1.807, 2.05) is 24.3 Å². The number of benzene rings is 1. The Kier molecular flexibility index (Phi) is 4.79. The van der Waals surface area contributed by atoms with Crippen molar-refractivity contribution in [2.24, 2.45) is 5.73 Å². The number of rotatable bonds is 6. The van der Waals surface area contributed by atoms with Gasteiger partial charge in [0.05, 0.1) is 12.1 Å². The van der Waals surface area contributed by atoms with Gasteiger partial charge in [-0.15, -0.1) is 0 Å². The van der Waals surface area contributed by atoms with E-state index in [2.05, 4.69) is 10.3 Å². The lowest BCUT2D eigenvalue weighted by Crippen LogP contribution is -2.53. The number of hydrogen-bond donors (Lipinski definition) is 5. The van der Waals surface area contributed by atoms with Crippen LogP contribution < -0.4 is 11.1 Å². The van der Waals surface area contributed by atoms with E-state index in [1.165, 1.54) is 6.92 Å². The lowest BCUT2D eigenvalue weighted by atomic mass is 10.0. The van der Waals surface area contributed by atoms with Crippen molar-refractivity contribution in [2.75, 3.05) is 0 Å². The van der Waals surface area contributed by atoms with Gasteiger partial charge >= 0.3 is 5.97 Å². The number of H-pyrrole nitrogens is 1. The Labute approximate surface area is 127 Å². The Morgan fingerprint density at radius 2 is 2.05 bits per heavy atom. The molecule has 0 spiro atoms. The summed E-state index contributed by atoms with van der Waals surface area (Å²) >= 11 is 0. The van der Waals surface area contributed by atoms with Crippen LogP contribution in [0.5, 0.6) is 0 Å². The number of aliphatic carboxylic acids is 1. The molecule has 2 rings (SSSR count). The first-order valence-electron chi connectivity index (χ1n) is 6.92. The number of carbonyl (C=O) groups excluding carboxylic acids is 1. The number of aliphatic hydroxyl groups is 1. The van der Waals surface area contributed by atoms with Crippen LogP contribution in [-0.2, 0) is 16.0 Å². The van der Waals surface area contributed by atoms with Crippen molar-refractivity contribution >= 4 is 22.8 Å². The van der Waals surface area contributed by atoms with Gasteiger partial charge in [-0.1, -0.05) is 18.2 Å². The maximum absolute atomic E-state index is 12.0. The minimum Gasteiger partial charge on any atom is -0.480 e. The maximum atomic E-state index is 12.0. The van der Waals surface area contributed by atoms with E-state index in [0.717, 1.165) is 16.5 Å². The smallest absolute Gasteiger partial charge is 0.328 e. The van der Waals surface area contributed by atoms with Crippen LogP contribution in [0.15, 0.2) is 30.5 Å². The molecule has 0 aliphatic heterocycles. The van der Waals surface area contributed by atoms with Gasteiger partial charge in [0.2, 0.25) is 5.91 Å². The first kappa shape index (κ1) is 16.0. The molecule has 7 nitrogen and oxygen atoms in total. The number of hydrogen-bond acceptors (Lipinski definition) is 4. The Bertz CT molecular complexity index is 680. The third-order valence-electron chi connectivity index (χ3n) is 3.50. The van der Waals surface area contributed by atoms with Crippen molar-refractivity contribution in [1.29, 1.82) is 0 Å². The van der Waals surface area contributed by atoms with Crippen molar-refractivity contribution < 1.29 is 19.8 Å². The molecule has 0 aliphatic rings. The van der Waals surface area contributed by atoms with Crippen LogP contribution >= 0.6 is 0 Å². The monoisotopic (exact) mass is 305 g/mol. The van der Waals surface area contributed by atoms with Crippen LogP contribution in [0.3, 0.4) is 0 Å². The highest BCUT2D eigenvalue weighted by molar-refractivity contribution is 5.88. The molecule has 1 amide bonds. The summed E-state index contributed by atoms with van der Waals surface area (Å²) in [5.74, 6) is -1.92. The highest BCUT2D eigenvalue weighted by atomic mass is 16.4. The molecule has 2 aromatic rings. The molecule has 0 aliphatic carbocycles. The summed E-state index contributed by atoms with van der Waals surface area (Å²) in [5.41, 5.74) is 7.67. The molecule has 0 saturated carbocycles. The summed E-state index contributed by atoms with van der Waals surface area (Å²) in [6.07, 6.45) is 0.838. The molecule has 7 heteroatoms. The van der Waals surface area contributed by atoms with Gasteiger partial charge in [-0.3, -0.25) is 4.79 Å². The fourth-order valence-corrected chi connectivity index (χ4v) is 2.28. The standard InChI is InChI=1S/C15H19N3O4/c1-8(19)13(15(21)22)18-14(20)11(16)6-9-7-17-12-5-3-2-4-10(9)12/h2-5,7-8,11,13,17,19H,6,16H2,1H3,(H,18,20)(H,21,22). The topological polar surface area (TPSA) is 128 Å². The largest absolute Gasteiger partial charge is 0.480 e. The van der Waals surface area contributed by atoms with Gasteiger partial charge in [0.15, 0.2) is 6.04 Å². The summed E-state index contributed by atoms with van der Waals surface area (Å²) in [6.45, 7) is 1.30. The second-order valence-electron chi connectivity index (χ2n) is 5.24. The Morgan fingerprint density at radius 1 is 1.36 bits per heavy atom. The van der Waals surface area contributed by atoms with Crippen LogP contribution in [0.25, 0.3) is 10.9 Å². The first-order chi connectivity index (χ1) is 10.4. The van der Waals surface area contributed by atoms with E-state index in [0.29, 0.717) is 0 Å². The number of aromatic amines is 1. The molecule has 1 heterocycles. The average Bonchev–Trinajstić information content (AvgIpc) is 2.87. The molecular weight excluding hydrogens is 286 g/mol. The number of aromatic nitrogens is 1. The Balaban J connectivity index is 2.06. The predicted molar refractivity (Wildman–Crippen MR) is 81.2 cm³/mol. The zero-order chi connectivity index (χ0) is 16.3. The van der Waals surface area contributed by atoms with E-state index in [9.17, 15) is 14.7 Å². The minimum atomic E-state index is -1.37. The van der Waals surface area contributed by atoms with E-state index in [4.69, 9.17) is 10.8 Å². The quantitative estimate of drug-likeness (QED) is 0.512. The molecule has 0 bridgehead atoms. The van der Waals surface area contributed by atoms with E-state index in [1.54, 1.807) is 6.20 Å². The number of aliphatic hydroxyl groups excluding tert-OH is 1. The molecule has 0 fully saturated rings. The summed E-state index contributed by atoms with van der Waals surface area (Å²) < 4.78 is 0. The molecule has 1 aromatic heterocycles. The number of para-hydroxylation sites is 1. The number of carboxylic acids is 1. The molecule has 0 saturated heterocycles. The Morgan fingerprint density at radius 3 is 2.68 bits per heavy atom. The third-order valence-corrected chi connectivity index (χ3v) is 3.50. The summed E-state index contributed by atoms with van der Waals surface area (Å²) in [5, 5.41) is 21.5. The second-order valence-corrected chi connectivity index (χ2v) is 5.24. The fourth-order valence-electron chi connectivity index (χ4n) is 2.28. The van der Waals surface area contributed by atoms with E-state index >= 15 is 0 Å². The Hall–Kier alpha value is -2.38.